The first-order chi connectivity index (χ1) is 6.43. The van der Waals surface area contributed by atoms with Crippen molar-refractivity contribution in [3.05, 3.63) is 0 Å². The van der Waals surface area contributed by atoms with Crippen molar-refractivity contribution in [2.24, 2.45) is 0 Å². The lowest BCUT2D eigenvalue weighted by Crippen LogP contribution is -2.58. The van der Waals surface area contributed by atoms with Crippen molar-refractivity contribution in [2.45, 2.75) is 24.9 Å². The maximum absolute atomic E-state index is 2.74. The fourth-order valence-corrected chi connectivity index (χ4v) is 4.10. The highest BCUT2D eigenvalue weighted by Gasteiger charge is 2.36. The van der Waals surface area contributed by atoms with E-state index < -0.39 is 0 Å². The maximum Gasteiger partial charge on any atom is 0.0314 e. The molecule has 0 N–H and O–H groups in total. The predicted molar refractivity (Wildman–Crippen MR) is 57.3 cm³/mol. The molecule has 3 saturated heterocycles. The van der Waals surface area contributed by atoms with E-state index >= 15 is 0 Å². The van der Waals surface area contributed by atoms with E-state index in [2.05, 4.69) is 21.6 Å². The van der Waals surface area contributed by atoms with Crippen LogP contribution in [0.3, 0.4) is 0 Å². The minimum Gasteiger partial charge on any atom is -0.298 e. The molecular weight excluding hydrogens is 180 g/mol. The lowest BCUT2D eigenvalue weighted by molar-refractivity contribution is 0.0637. The zero-order valence-electron chi connectivity index (χ0n) is 8.11. The molecule has 2 nitrogen and oxygen atoms in total. The summed E-state index contributed by atoms with van der Waals surface area (Å²) in [5.41, 5.74) is 0. The zero-order chi connectivity index (χ0) is 8.67. The van der Waals surface area contributed by atoms with Crippen molar-refractivity contribution < 1.29 is 0 Å². The van der Waals surface area contributed by atoms with Crippen molar-refractivity contribution in [3.63, 3.8) is 0 Å². The fraction of sp³-hybridized carbons (Fsp3) is 1.00. The van der Waals surface area contributed by atoms with E-state index in [4.69, 9.17) is 0 Å². The molecule has 3 fully saturated rings. The Morgan fingerprint density at radius 1 is 1.00 bits per heavy atom. The molecule has 1 unspecified atom stereocenters. The van der Waals surface area contributed by atoms with Gasteiger partial charge in [0.1, 0.15) is 0 Å². The van der Waals surface area contributed by atoms with Crippen LogP contribution in [0.5, 0.6) is 0 Å². The normalized spacial score (nSPS) is 41.5. The molecule has 0 bridgehead atoms. The summed E-state index contributed by atoms with van der Waals surface area (Å²) in [7, 11) is 0. The molecule has 3 aliphatic rings. The van der Waals surface area contributed by atoms with E-state index in [1.807, 2.05) is 0 Å². The van der Waals surface area contributed by atoms with Crippen LogP contribution in [0.1, 0.15) is 12.8 Å². The number of rotatable bonds is 0. The van der Waals surface area contributed by atoms with Gasteiger partial charge >= 0.3 is 0 Å². The molecule has 0 aromatic rings. The molecule has 0 aliphatic carbocycles. The van der Waals surface area contributed by atoms with Crippen LogP contribution in [0.15, 0.2) is 0 Å². The van der Waals surface area contributed by atoms with Crippen molar-refractivity contribution in [2.75, 3.05) is 37.7 Å². The zero-order valence-corrected chi connectivity index (χ0v) is 8.93. The third-order valence-corrected chi connectivity index (χ3v) is 4.83. The monoisotopic (exact) mass is 198 g/mol. The molecule has 74 valence electrons. The van der Waals surface area contributed by atoms with Gasteiger partial charge in [0.2, 0.25) is 0 Å². The third-order valence-electron chi connectivity index (χ3n) is 3.74. The van der Waals surface area contributed by atoms with Crippen LogP contribution in [-0.2, 0) is 0 Å². The molecule has 0 aromatic carbocycles. The van der Waals surface area contributed by atoms with Crippen LogP contribution in [0.4, 0.5) is 0 Å². The van der Waals surface area contributed by atoms with Crippen LogP contribution in [0.25, 0.3) is 0 Å². The fourth-order valence-electron chi connectivity index (χ4n) is 2.98. The van der Waals surface area contributed by atoms with E-state index in [-0.39, 0.29) is 0 Å². The standard InChI is InChI=1S/C10H18N2S/c1-2-9-6-12-4-5-13-8-10(12)7-11(9)3-1/h9-10H,1-8H2/t9-,10?/m0/s1. The van der Waals surface area contributed by atoms with E-state index in [0.29, 0.717) is 0 Å². The van der Waals surface area contributed by atoms with Crippen molar-refractivity contribution in [1.82, 2.24) is 9.80 Å². The Bertz CT molecular complexity index is 177. The predicted octanol–water partition coefficient (Wildman–Crippen LogP) is 0.882. The summed E-state index contributed by atoms with van der Waals surface area (Å²) < 4.78 is 0. The van der Waals surface area contributed by atoms with Crippen LogP contribution in [0.2, 0.25) is 0 Å². The molecular formula is C10H18N2S. The minimum absolute atomic E-state index is 0.882. The molecule has 0 saturated carbocycles. The molecule has 0 spiro atoms. The van der Waals surface area contributed by atoms with Gasteiger partial charge in [-0.25, -0.2) is 0 Å². The number of piperazine rings is 1. The smallest absolute Gasteiger partial charge is 0.0314 e. The number of hydrogen-bond donors (Lipinski definition) is 0. The Balaban J connectivity index is 1.71. The topological polar surface area (TPSA) is 6.48 Å². The summed E-state index contributed by atoms with van der Waals surface area (Å²) in [6, 6.07) is 1.80. The van der Waals surface area contributed by atoms with Gasteiger partial charge in [-0.3, -0.25) is 9.80 Å². The van der Waals surface area contributed by atoms with E-state index in [1.165, 1.54) is 50.5 Å². The van der Waals surface area contributed by atoms with E-state index in [0.717, 1.165) is 12.1 Å². The van der Waals surface area contributed by atoms with Crippen molar-refractivity contribution in [1.29, 1.82) is 0 Å². The van der Waals surface area contributed by atoms with Crippen LogP contribution in [-0.4, -0.2) is 59.6 Å². The van der Waals surface area contributed by atoms with Crippen molar-refractivity contribution >= 4 is 11.8 Å². The Morgan fingerprint density at radius 2 is 1.85 bits per heavy atom. The molecule has 3 heterocycles. The van der Waals surface area contributed by atoms with Gasteiger partial charge in [0.25, 0.3) is 0 Å². The molecule has 13 heavy (non-hydrogen) atoms. The number of thioether (sulfide) groups is 1. The summed E-state index contributed by atoms with van der Waals surface area (Å²) in [4.78, 5) is 5.47. The SMILES string of the molecule is C1C[C@H]2CN3CCSCC3CN2C1. The average Bonchev–Trinajstić information content (AvgIpc) is 2.61. The van der Waals surface area contributed by atoms with E-state index in [9.17, 15) is 0 Å². The van der Waals surface area contributed by atoms with Crippen molar-refractivity contribution in [3.8, 4) is 0 Å². The van der Waals surface area contributed by atoms with Crippen LogP contribution in [0, 0.1) is 0 Å². The van der Waals surface area contributed by atoms with Gasteiger partial charge in [0, 0.05) is 43.2 Å². The Kier molecular flexibility index (Phi) is 2.27. The second kappa shape index (κ2) is 3.44. The van der Waals surface area contributed by atoms with Crippen LogP contribution >= 0.6 is 11.8 Å². The molecule has 2 atom stereocenters. The first kappa shape index (κ1) is 8.57. The lowest BCUT2D eigenvalue weighted by Gasteiger charge is -2.45. The molecule has 3 aliphatic heterocycles. The highest BCUT2D eigenvalue weighted by molar-refractivity contribution is 7.99. The number of nitrogens with zero attached hydrogens (tertiary/aromatic N) is 2. The summed E-state index contributed by atoms with van der Waals surface area (Å²) in [5.74, 6) is 2.74. The lowest BCUT2D eigenvalue weighted by atomic mass is 10.1. The Hall–Kier alpha value is 0.270. The number of fused-ring (bicyclic) bond motifs is 2. The average molecular weight is 198 g/mol. The second-order valence-electron chi connectivity index (χ2n) is 4.51. The van der Waals surface area contributed by atoms with Crippen LogP contribution < -0.4 is 0 Å². The van der Waals surface area contributed by atoms with E-state index in [1.54, 1.807) is 0 Å². The largest absolute Gasteiger partial charge is 0.298 e. The van der Waals surface area contributed by atoms with Gasteiger partial charge in [-0.15, -0.1) is 0 Å². The van der Waals surface area contributed by atoms with Gasteiger partial charge in [0.05, 0.1) is 0 Å². The van der Waals surface area contributed by atoms with Gasteiger partial charge in [0.15, 0.2) is 0 Å². The highest BCUT2D eigenvalue weighted by atomic mass is 32.2. The second-order valence-corrected chi connectivity index (χ2v) is 5.66. The quantitative estimate of drug-likeness (QED) is 0.570. The maximum atomic E-state index is 2.74. The first-order valence-corrected chi connectivity index (χ1v) is 6.65. The van der Waals surface area contributed by atoms with Gasteiger partial charge < -0.3 is 0 Å². The summed E-state index contributed by atoms with van der Waals surface area (Å²) >= 11 is 2.15. The molecule has 3 rings (SSSR count). The molecule has 0 amide bonds. The Morgan fingerprint density at radius 3 is 2.85 bits per heavy atom. The third kappa shape index (κ3) is 1.51. The van der Waals surface area contributed by atoms with Gasteiger partial charge in [-0.05, 0) is 19.4 Å². The van der Waals surface area contributed by atoms with Gasteiger partial charge in [-0.2, -0.15) is 11.8 Å². The Labute approximate surface area is 84.6 Å². The summed E-state index contributed by atoms with van der Waals surface area (Å²) in [6.07, 6.45) is 2.90. The summed E-state index contributed by atoms with van der Waals surface area (Å²) in [6.45, 7) is 5.45. The first-order valence-electron chi connectivity index (χ1n) is 5.49. The highest BCUT2D eigenvalue weighted by Crippen LogP contribution is 2.28. The van der Waals surface area contributed by atoms with Gasteiger partial charge in [-0.1, -0.05) is 0 Å². The molecule has 0 radical (unpaired) electrons. The molecule has 0 aromatic heterocycles. The minimum atomic E-state index is 0.882. The summed E-state index contributed by atoms with van der Waals surface area (Å²) in [5, 5.41) is 0. The molecule has 3 heteroatoms. The number of hydrogen-bond acceptors (Lipinski definition) is 3.